The van der Waals surface area contributed by atoms with Gasteiger partial charge < -0.3 is 40.2 Å². The molecule has 4 amide bonds. The highest BCUT2D eigenvalue weighted by molar-refractivity contribution is 7.86. The van der Waals surface area contributed by atoms with Gasteiger partial charge >= 0.3 is 0 Å². The molecule has 0 aromatic heterocycles. The molecule has 1 saturated heterocycles. The molecule has 59 heavy (non-hydrogen) atoms. The van der Waals surface area contributed by atoms with Crippen LogP contribution in [0.15, 0.2) is 66.7 Å². The first kappa shape index (κ1) is 44.9. The lowest BCUT2D eigenvalue weighted by molar-refractivity contribution is -0.132. The molecule has 4 bridgehead atoms. The number of nitrogens with one attached hydrogen (secondary N) is 4. The van der Waals surface area contributed by atoms with E-state index in [0.29, 0.717) is 67.1 Å². The van der Waals surface area contributed by atoms with E-state index in [0.717, 1.165) is 9.87 Å². The number of aryl methyl sites for hydroxylation is 1. The summed E-state index contributed by atoms with van der Waals surface area (Å²) >= 11 is 0. The Bertz CT molecular complexity index is 2010. The molecule has 2 atom stereocenters. The Morgan fingerprint density at radius 1 is 0.797 bits per heavy atom. The Kier molecular flexibility index (Phi) is 16.5. The molecule has 0 unspecified atom stereocenters. The van der Waals surface area contributed by atoms with Gasteiger partial charge in [-0.3, -0.25) is 19.2 Å². The fourth-order valence-electron chi connectivity index (χ4n) is 7.00. The van der Waals surface area contributed by atoms with Gasteiger partial charge in [0.15, 0.2) is 11.5 Å². The van der Waals surface area contributed by atoms with Gasteiger partial charge in [0, 0.05) is 63.6 Å². The summed E-state index contributed by atoms with van der Waals surface area (Å²) in [7, 11) is 0.491. The summed E-state index contributed by atoms with van der Waals surface area (Å²) in [6.45, 7) is 2.37. The summed E-state index contributed by atoms with van der Waals surface area (Å²) in [5, 5.41) is 11.2. The van der Waals surface area contributed by atoms with Crippen molar-refractivity contribution in [1.82, 2.24) is 29.9 Å². The number of amides is 4. The SMILES string of the molecule is COCC1CCN(S(=O)(=O)N2CCCCNC(=O)c3ccc(OC)c(c3)Oc3ccc(c(OC)c3)CNC(=O)[C@H](C)NC(=O)[C@H](CCc3ccccc3)NC(=O)C2)CC1. The summed E-state index contributed by atoms with van der Waals surface area (Å²) in [5.74, 6) is -0.397. The molecule has 3 aliphatic heterocycles. The highest BCUT2D eigenvalue weighted by Crippen LogP contribution is 2.35. The molecule has 6 rings (SSSR count). The molecule has 320 valence electrons. The van der Waals surface area contributed by atoms with Crippen molar-refractivity contribution in [1.29, 1.82) is 0 Å². The van der Waals surface area contributed by atoms with Crippen molar-refractivity contribution in [3.63, 3.8) is 0 Å². The van der Waals surface area contributed by atoms with Crippen LogP contribution in [0, 0.1) is 5.92 Å². The van der Waals surface area contributed by atoms with E-state index in [-0.39, 0.29) is 56.7 Å². The monoisotopic (exact) mass is 836 g/mol. The molecule has 17 heteroatoms. The predicted octanol–water partition coefficient (Wildman–Crippen LogP) is 3.16. The normalized spacial score (nSPS) is 20.2. The van der Waals surface area contributed by atoms with Gasteiger partial charge in [-0.2, -0.15) is 17.0 Å². The number of methoxy groups -OCH3 is 3. The average molecular weight is 837 g/mol. The van der Waals surface area contributed by atoms with Gasteiger partial charge in [0.05, 0.1) is 20.8 Å². The Labute approximate surface area is 346 Å². The maximum Gasteiger partial charge on any atom is 0.282 e. The number of fused-ring (bicyclic) bond motifs is 18. The topological polar surface area (TPSA) is 194 Å². The first-order valence-electron chi connectivity index (χ1n) is 19.9. The lowest BCUT2D eigenvalue weighted by Gasteiger charge is -2.34. The quantitative estimate of drug-likeness (QED) is 0.233. The van der Waals surface area contributed by atoms with Crippen molar-refractivity contribution in [3.05, 3.63) is 83.4 Å². The number of hydrogen-bond donors (Lipinski definition) is 4. The molecular weight excluding hydrogens is 781 g/mol. The van der Waals surface area contributed by atoms with Crippen LogP contribution in [0.25, 0.3) is 0 Å². The first-order chi connectivity index (χ1) is 28.4. The molecule has 1 fully saturated rings. The van der Waals surface area contributed by atoms with Crippen LogP contribution in [-0.4, -0.2) is 113 Å². The Balaban J connectivity index is 1.40. The van der Waals surface area contributed by atoms with E-state index in [1.165, 1.54) is 25.4 Å². The zero-order valence-corrected chi connectivity index (χ0v) is 35.0. The number of hydrogen-bond acceptors (Lipinski definition) is 10. The van der Waals surface area contributed by atoms with Gasteiger partial charge in [-0.25, -0.2) is 0 Å². The Morgan fingerprint density at radius 3 is 2.25 bits per heavy atom. The molecule has 4 N–H and O–H groups in total. The van der Waals surface area contributed by atoms with Crippen LogP contribution in [0.4, 0.5) is 0 Å². The van der Waals surface area contributed by atoms with Crippen molar-refractivity contribution in [2.45, 2.75) is 64.1 Å². The molecule has 3 aromatic rings. The van der Waals surface area contributed by atoms with E-state index < -0.39 is 46.6 Å². The van der Waals surface area contributed by atoms with E-state index in [4.69, 9.17) is 18.9 Å². The van der Waals surface area contributed by atoms with Gasteiger partial charge in [-0.15, -0.1) is 0 Å². The second kappa shape index (κ2) is 21.7. The first-order valence-corrected chi connectivity index (χ1v) is 21.3. The Morgan fingerprint density at radius 2 is 1.54 bits per heavy atom. The molecule has 0 saturated carbocycles. The van der Waals surface area contributed by atoms with Crippen molar-refractivity contribution in [3.8, 4) is 23.0 Å². The van der Waals surface area contributed by atoms with Crippen LogP contribution in [0.2, 0.25) is 0 Å². The molecule has 0 radical (unpaired) electrons. The number of nitrogens with zero attached hydrogens (tertiary/aromatic N) is 2. The van der Waals surface area contributed by atoms with Crippen LogP contribution >= 0.6 is 0 Å². The van der Waals surface area contributed by atoms with E-state index in [1.54, 1.807) is 43.5 Å². The van der Waals surface area contributed by atoms with Crippen LogP contribution < -0.4 is 35.5 Å². The summed E-state index contributed by atoms with van der Waals surface area (Å²) in [6, 6.07) is 17.2. The molecule has 3 aromatic carbocycles. The van der Waals surface area contributed by atoms with Gasteiger partial charge in [0.1, 0.15) is 23.6 Å². The zero-order chi connectivity index (χ0) is 42.4. The second-order valence-electron chi connectivity index (χ2n) is 14.6. The molecule has 0 aliphatic carbocycles. The maximum atomic E-state index is 14.1. The molecule has 3 aliphatic rings. The average Bonchev–Trinajstić information content (AvgIpc) is 3.24. The highest BCUT2D eigenvalue weighted by atomic mass is 32.2. The molecular formula is C42H56N6O10S. The van der Waals surface area contributed by atoms with Crippen LogP contribution in [0.5, 0.6) is 23.0 Å². The summed E-state index contributed by atoms with van der Waals surface area (Å²) in [4.78, 5) is 54.1. The Hall–Kier alpha value is -5.23. The smallest absolute Gasteiger partial charge is 0.282 e. The van der Waals surface area contributed by atoms with Gasteiger partial charge in [0.25, 0.3) is 16.1 Å². The predicted molar refractivity (Wildman–Crippen MR) is 220 cm³/mol. The highest BCUT2D eigenvalue weighted by Gasteiger charge is 2.35. The molecule has 3 heterocycles. The van der Waals surface area contributed by atoms with Crippen LogP contribution in [0.1, 0.15) is 60.5 Å². The third-order valence-corrected chi connectivity index (χ3v) is 12.4. The van der Waals surface area contributed by atoms with Gasteiger partial charge in [-0.05, 0) is 87.3 Å². The number of piperidine rings is 1. The number of carbonyl (C=O) groups excluding carboxylic acids is 4. The van der Waals surface area contributed by atoms with E-state index >= 15 is 0 Å². The maximum absolute atomic E-state index is 14.1. The van der Waals surface area contributed by atoms with Crippen LogP contribution in [-0.2, 0) is 42.3 Å². The number of rotatable bonds is 9. The third-order valence-electron chi connectivity index (χ3n) is 10.4. The standard InChI is InChI=1S/C42H56N6O10S/c1-29-40(50)44-26-33-13-15-34(25-37(33)57-4)58-38-24-32(14-17-36(38)56-3)41(51)43-20-8-9-21-48(59(53,54)47-22-18-31(19-23-47)28-55-2)27-39(49)46-35(42(52)45-29)16-12-30-10-6-5-7-11-30/h5-7,10-11,13-15,17,24-25,29,31,35H,8-9,12,16,18-23,26-28H2,1-4H3,(H,43,51)(H,44,50)(H,45,52)(H,46,49)/t29-,35-/m0/s1. The minimum Gasteiger partial charge on any atom is -0.496 e. The fraction of sp³-hybridized carbons (Fsp3) is 0.476. The van der Waals surface area contributed by atoms with E-state index in [9.17, 15) is 27.6 Å². The van der Waals surface area contributed by atoms with E-state index in [2.05, 4.69) is 21.3 Å². The van der Waals surface area contributed by atoms with E-state index in [1.807, 2.05) is 30.3 Å². The van der Waals surface area contributed by atoms with Gasteiger partial charge in [0.2, 0.25) is 17.7 Å². The zero-order valence-electron chi connectivity index (χ0n) is 34.2. The van der Waals surface area contributed by atoms with Crippen molar-refractivity contribution >= 4 is 33.8 Å². The number of carbonyl (C=O) groups is 4. The van der Waals surface area contributed by atoms with Crippen LogP contribution in [0.3, 0.4) is 0 Å². The minimum atomic E-state index is -4.10. The lowest BCUT2D eigenvalue weighted by atomic mass is 9.99. The molecule has 0 spiro atoms. The minimum absolute atomic E-state index is 0.00958. The number of ether oxygens (including phenoxy) is 4. The van der Waals surface area contributed by atoms with Gasteiger partial charge in [-0.1, -0.05) is 30.3 Å². The molecule has 16 nitrogen and oxygen atoms in total. The van der Waals surface area contributed by atoms with Crippen molar-refractivity contribution in [2.24, 2.45) is 5.92 Å². The largest absolute Gasteiger partial charge is 0.496 e. The summed E-state index contributed by atoms with van der Waals surface area (Å²) in [5.41, 5.74) is 1.88. The lowest BCUT2D eigenvalue weighted by Crippen LogP contribution is -2.55. The fourth-order valence-corrected chi connectivity index (χ4v) is 8.64. The number of benzene rings is 3. The third kappa shape index (κ3) is 12.6. The second-order valence-corrected chi connectivity index (χ2v) is 16.6. The summed E-state index contributed by atoms with van der Waals surface area (Å²) < 4.78 is 53.3. The summed E-state index contributed by atoms with van der Waals surface area (Å²) in [6.07, 6.45) is 2.58. The van der Waals surface area contributed by atoms with Crippen molar-refractivity contribution < 1.29 is 46.5 Å². The van der Waals surface area contributed by atoms with Crippen molar-refractivity contribution in [2.75, 3.05) is 60.7 Å².